The van der Waals surface area contributed by atoms with Gasteiger partial charge in [-0.15, -0.1) is 12.4 Å². The van der Waals surface area contributed by atoms with Gasteiger partial charge in [0, 0.05) is 36.2 Å². The molecule has 0 aliphatic carbocycles. The maximum atomic E-state index is 14.0. The third kappa shape index (κ3) is 10.8. The number of halogens is 9. The van der Waals surface area contributed by atoms with Gasteiger partial charge in [-0.2, -0.15) is 26.3 Å². The first-order valence-electron chi connectivity index (χ1n) is 13.4. The highest BCUT2D eigenvalue weighted by Gasteiger charge is 2.50. The number of nitrogens with zero attached hydrogens (tertiary/aromatic N) is 2. The minimum atomic E-state index is -4.99. The minimum Gasteiger partial charge on any atom is -0.489 e. The van der Waals surface area contributed by atoms with Gasteiger partial charge >= 0.3 is 12.4 Å². The quantitative estimate of drug-likeness (QED) is 0.243. The molecule has 2 aliphatic rings. The summed E-state index contributed by atoms with van der Waals surface area (Å²) in [5, 5.41) is 1.03. The Morgan fingerprint density at radius 1 is 0.667 bits per heavy atom. The van der Waals surface area contributed by atoms with Gasteiger partial charge in [0.1, 0.15) is 23.7 Å². The first kappa shape index (κ1) is 34.9. The number of hydrogen-bond acceptors (Lipinski definition) is 5. The Balaban J connectivity index is 0.00000484. The second-order valence-electron chi connectivity index (χ2n) is 10.4. The highest BCUT2D eigenvalue weighted by atomic mass is 35.5. The molecule has 14 heteroatoms. The van der Waals surface area contributed by atoms with Crippen molar-refractivity contribution in [2.45, 2.75) is 62.5 Å². The molecule has 236 valence electrons. The van der Waals surface area contributed by atoms with E-state index in [4.69, 9.17) is 37.4 Å². The van der Waals surface area contributed by atoms with Crippen molar-refractivity contribution in [2.75, 3.05) is 39.3 Å². The molecule has 5 nitrogen and oxygen atoms in total. The minimum absolute atomic E-state index is 0. The van der Waals surface area contributed by atoms with Gasteiger partial charge in [-0.1, -0.05) is 23.2 Å². The van der Waals surface area contributed by atoms with Crippen LogP contribution in [0, 0.1) is 0 Å². The van der Waals surface area contributed by atoms with E-state index in [9.17, 15) is 26.3 Å². The van der Waals surface area contributed by atoms with Gasteiger partial charge in [-0.25, -0.2) is 0 Å². The van der Waals surface area contributed by atoms with E-state index in [-0.39, 0.29) is 25.5 Å². The normalized spacial score (nSPS) is 22.2. The number of hydrogen-bond donors (Lipinski definition) is 0. The van der Waals surface area contributed by atoms with Crippen LogP contribution in [0.3, 0.4) is 0 Å². The molecule has 2 aromatic rings. The van der Waals surface area contributed by atoms with Crippen molar-refractivity contribution in [3.63, 3.8) is 0 Å². The third-order valence-electron chi connectivity index (χ3n) is 7.06. The summed E-state index contributed by atoms with van der Waals surface area (Å²) in [7, 11) is 0. The molecule has 0 aromatic heterocycles. The molecule has 4 atom stereocenters. The standard InChI is InChI=1S/C28H32Cl2F6N2O3.ClH/c29-19-5-9-21(10-6-19)39-23-3-1-13-37(15-23)17-25(27(31,32)33)41-26(28(34,35)36)18-38-14-2-4-24(16-38)40-22-11-7-20(30)8-12-22;/h5-12,23-26H,1-4,13-18H2;1H/t23-,24-,25+,26+;/m1./s1. The third-order valence-corrected chi connectivity index (χ3v) is 7.57. The summed E-state index contributed by atoms with van der Waals surface area (Å²) in [5.41, 5.74) is 0. The van der Waals surface area contributed by atoms with Crippen LogP contribution in [0.2, 0.25) is 10.0 Å². The van der Waals surface area contributed by atoms with Crippen molar-refractivity contribution in [2.24, 2.45) is 0 Å². The maximum Gasteiger partial charge on any atom is 0.415 e. The monoisotopic (exact) mass is 664 g/mol. The van der Waals surface area contributed by atoms with E-state index in [0.717, 1.165) is 0 Å². The highest BCUT2D eigenvalue weighted by molar-refractivity contribution is 6.30. The molecule has 2 aromatic carbocycles. The molecule has 2 fully saturated rings. The first-order chi connectivity index (χ1) is 19.3. The van der Waals surface area contributed by atoms with Gasteiger partial charge in [-0.3, -0.25) is 9.80 Å². The fourth-order valence-electron chi connectivity index (χ4n) is 5.08. The fourth-order valence-corrected chi connectivity index (χ4v) is 5.33. The van der Waals surface area contributed by atoms with Crippen LogP contribution in [0.15, 0.2) is 48.5 Å². The van der Waals surface area contributed by atoms with Crippen molar-refractivity contribution in [1.82, 2.24) is 9.80 Å². The lowest BCUT2D eigenvalue weighted by Gasteiger charge is -2.38. The SMILES string of the molecule is Cl.FC(F)(F)[C@H](CN1CCC[C@@H](Oc2ccc(Cl)cc2)C1)O[C@@H](CN1CCC[C@@H](Oc2ccc(Cl)cc2)C1)C(F)(F)F. The van der Waals surface area contributed by atoms with Crippen LogP contribution in [0.1, 0.15) is 25.7 Å². The number of benzene rings is 2. The van der Waals surface area contributed by atoms with Gasteiger partial charge < -0.3 is 14.2 Å². The van der Waals surface area contributed by atoms with E-state index < -0.39 is 49.9 Å². The van der Waals surface area contributed by atoms with Crippen molar-refractivity contribution >= 4 is 35.6 Å². The summed E-state index contributed by atoms with van der Waals surface area (Å²) in [5.74, 6) is 1.03. The largest absolute Gasteiger partial charge is 0.489 e. The van der Waals surface area contributed by atoms with Gasteiger partial charge in [0.05, 0.1) is 0 Å². The van der Waals surface area contributed by atoms with Crippen molar-refractivity contribution in [1.29, 1.82) is 0 Å². The highest BCUT2D eigenvalue weighted by Crippen LogP contribution is 2.32. The lowest BCUT2D eigenvalue weighted by atomic mass is 10.1. The zero-order chi connectivity index (χ0) is 29.6. The smallest absolute Gasteiger partial charge is 0.415 e. The molecule has 0 amide bonds. The van der Waals surface area contributed by atoms with Crippen LogP contribution in [0.25, 0.3) is 0 Å². The second-order valence-corrected chi connectivity index (χ2v) is 11.3. The summed E-state index contributed by atoms with van der Waals surface area (Å²) in [6.07, 6.45) is -13.8. The fraction of sp³-hybridized carbons (Fsp3) is 0.571. The van der Waals surface area contributed by atoms with E-state index >= 15 is 0 Å². The average molecular weight is 666 g/mol. The number of piperidine rings is 2. The Labute approximate surface area is 257 Å². The van der Waals surface area contributed by atoms with Crippen molar-refractivity contribution in [3.8, 4) is 11.5 Å². The van der Waals surface area contributed by atoms with E-state index in [1.54, 1.807) is 48.5 Å². The van der Waals surface area contributed by atoms with Crippen LogP contribution in [0.4, 0.5) is 26.3 Å². The summed E-state index contributed by atoms with van der Waals surface area (Å²) in [6.45, 7) is -0.597. The summed E-state index contributed by atoms with van der Waals surface area (Å²) in [4.78, 5) is 2.90. The molecule has 0 unspecified atom stereocenters. The second kappa shape index (κ2) is 15.4. The number of ether oxygens (including phenoxy) is 3. The number of rotatable bonds is 10. The van der Waals surface area contributed by atoms with Crippen molar-refractivity contribution < 1.29 is 40.6 Å². The Bertz CT molecular complexity index is 1010. The molecule has 4 rings (SSSR count). The lowest BCUT2D eigenvalue weighted by molar-refractivity contribution is -0.291. The van der Waals surface area contributed by atoms with E-state index in [0.29, 0.717) is 60.3 Å². The summed E-state index contributed by atoms with van der Waals surface area (Å²) in [6, 6.07) is 13.2. The Morgan fingerprint density at radius 3 is 1.36 bits per heavy atom. The van der Waals surface area contributed by atoms with Gasteiger partial charge in [0.15, 0.2) is 12.2 Å². The molecule has 0 saturated carbocycles. The van der Waals surface area contributed by atoms with Crippen LogP contribution in [0.5, 0.6) is 11.5 Å². The number of likely N-dealkylation sites (tertiary alicyclic amines) is 2. The van der Waals surface area contributed by atoms with Gasteiger partial charge in [-0.05, 0) is 87.3 Å². The molecular weight excluding hydrogens is 633 g/mol. The maximum absolute atomic E-state index is 14.0. The van der Waals surface area contributed by atoms with E-state index in [1.165, 1.54) is 9.80 Å². The Hall–Kier alpha value is -1.63. The molecule has 0 N–H and O–H groups in total. The van der Waals surface area contributed by atoms with Crippen LogP contribution in [-0.2, 0) is 4.74 Å². The van der Waals surface area contributed by atoms with Crippen LogP contribution >= 0.6 is 35.6 Å². The summed E-state index contributed by atoms with van der Waals surface area (Å²) >= 11 is 11.8. The molecule has 0 bridgehead atoms. The lowest BCUT2D eigenvalue weighted by Crippen LogP contribution is -2.54. The molecule has 2 heterocycles. The van der Waals surface area contributed by atoms with Crippen molar-refractivity contribution in [3.05, 3.63) is 58.6 Å². The van der Waals surface area contributed by atoms with Gasteiger partial charge in [0.25, 0.3) is 0 Å². The molecular formula is C28H33Cl3F6N2O3. The molecule has 0 spiro atoms. The average Bonchev–Trinajstić information content (AvgIpc) is 2.90. The molecule has 42 heavy (non-hydrogen) atoms. The zero-order valence-electron chi connectivity index (χ0n) is 22.6. The van der Waals surface area contributed by atoms with Crippen LogP contribution in [-0.4, -0.2) is 85.8 Å². The Kier molecular flexibility index (Phi) is 12.8. The van der Waals surface area contributed by atoms with Crippen LogP contribution < -0.4 is 9.47 Å². The van der Waals surface area contributed by atoms with Gasteiger partial charge in [0.2, 0.25) is 0 Å². The first-order valence-corrected chi connectivity index (χ1v) is 14.2. The Morgan fingerprint density at radius 2 is 1.02 bits per heavy atom. The van der Waals surface area contributed by atoms with E-state index in [1.807, 2.05) is 0 Å². The molecule has 0 radical (unpaired) electrons. The molecule has 2 aliphatic heterocycles. The van der Waals surface area contributed by atoms with E-state index in [2.05, 4.69) is 0 Å². The molecule has 2 saturated heterocycles. The predicted octanol–water partition coefficient (Wildman–Crippen LogP) is 7.68. The number of alkyl halides is 6. The summed E-state index contributed by atoms with van der Waals surface area (Å²) < 4.78 is 101. The predicted molar refractivity (Wildman–Crippen MR) is 151 cm³/mol. The zero-order valence-corrected chi connectivity index (χ0v) is 24.9. The topological polar surface area (TPSA) is 34.2 Å².